The first-order valence-electron chi connectivity index (χ1n) is 5.95. The van der Waals surface area contributed by atoms with Gasteiger partial charge in [-0.2, -0.15) is 0 Å². The molecule has 17 heavy (non-hydrogen) atoms. The second kappa shape index (κ2) is 5.91. The predicted molar refractivity (Wildman–Crippen MR) is 68.3 cm³/mol. The Hall–Kier alpha value is -0.480. The van der Waals surface area contributed by atoms with Crippen molar-refractivity contribution < 1.29 is 8.78 Å². The van der Waals surface area contributed by atoms with E-state index in [1.165, 1.54) is 12.1 Å². The normalized spacial score (nSPS) is 22.4. The van der Waals surface area contributed by atoms with Gasteiger partial charge in [0, 0.05) is 23.4 Å². The molecule has 1 heterocycles. The third kappa shape index (κ3) is 3.49. The lowest BCUT2D eigenvalue weighted by atomic mass is 9.91. The Morgan fingerprint density at radius 2 is 2.29 bits per heavy atom. The van der Waals surface area contributed by atoms with Crippen LogP contribution in [0.2, 0.25) is 0 Å². The molecule has 0 bridgehead atoms. The molecule has 2 atom stereocenters. The van der Waals surface area contributed by atoms with E-state index in [1.807, 2.05) is 0 Å². The number of halogens is 3. The monoisotopic (exact) mass is 303 g/mol. The van der Waals surface area contributed by atoms with Gasteiger partial charge in [-0.25, -0.2) is 8.78 Å². The molecule has 0 radical (unpaired) electrons. The van der Waals surface area contributed by atoms with Crippen LogP contribution in [-0.4, -0.2) is 19.3 Å². The molecule has 1 N–H and O–H groups in total. The molecule has 0 amide bonds. The summed E-state index contributed by atoms with van der Waals surface area (Å²) < 4.78 is 27.7. The average molecular weight is 304 g/mol. The SMILES string of the molecule is Fc1ccc(CC(F)C2CCCNC2)c(Br)c1. The highest BCUT2D eigenvalue weighted by Gasteiger charge is 2.23. The van der Waals surface area contributed by atoms with Crippen LogP contribution in [-0.2, 0) is 6.42 Å². The van der Waals surface area contributed by atoms with E-state index in [4.69, 9.17) is 0 Å². The highest BCUT2D eigenvalue weighted by molar-refractivity contribution is 9.10. The van der Waals surface area contributed by atoms with Gasteiger partial charge < -0.3 is 5.32 Å². The fraction of sp³-hybridized carbons (Fsp3) is 0.538. The maximum Gasteiger partial charge on any atom is 0.124 e. The lowest BCUT2D eigenvalue weighted by Gasteiger charge is -2.26. The molecule has 4 heteroatoms. The van der Waals surface area contributed by atoms with Crippen molar-refractivity contribution in [2.45, 2.75) is 25.4 Å². The largest absolute Gasteiger partial charge is 0.316 e. The molecule has 0 aliphatic carbocycles. The Bertz CT molecular complexity index is 378. The number of hydrogen-bond acceptors (Lipinski definition) is 1. The van der Waals surface area contributed by atoms with E-state index in [2.05, 4.69) is 21.2 Å². The molecule has 1 aliphatic rings. The summed E-state index contributed by atoms with van der Waals surface area (Å²) in [6.07, 6.45) is 1.47. The molecule has 0 aromatic heterocycles. The van der Waals surface area contributed by atoms with Gasteiger partial charge in [-0.15, -0.1) is 0 Å². The number of benzene rings is 1. The molecule has 2 rings (SSSR count). The van der Waals surface area contributed by atoms with Gasteiger partial charge in [0.25, 0.3) is 0 Å². The minimum atomic E-state index is -0.857. The molecular weight excluding hydrogens is 288 g/mol. The van der Waals surface area contributed by atoms with Crippen molar-refractivity contribution >= 4 is 15.9 Å². The molecule has 1 aromatic carbocycles. The van der Waals surface area contributed by atoms with Gasteiger partial charge in [-0.3, -0.25) is 0 Å². The molecule has 2 unspecified atom stereocenters. The van der Waals surface area contributed by atoms with E-state index in [0.29, 0.717) is 10.9 Å². The molecule has 1 nitrogen and oxygen atoms in total. The zero-order valence-electron chi connectivity index (χ0n) is 9.56. The van der Waals surface area contributed by atoms with Crippen LogP contribution >= 0.6 is 15.9 Å². The van der Waals surface area contributed by atoms with Crippen molar-refractivity contribution in [3.05, 3.63) is 34.1 Å². The fourth-order valence-electron chi connectivity index (χ4n) is 2.25. The first-order chi connectivity index (χ1) is 8.16. The van der Waals surface area contributed by atoms with E-state index >= 15 is 0 Å². The van der Waals surface area contributed by atoms with Crippen LogP contribution in [0.1, 0.15) is 18.4 Å². The quantitative estimate of drug-likeness (QED) is 0.901. The van der Waals surface area contributed by atoms with Crippen LogP contribution in [0.3, 0.4) is 0 Å². The highest BCUT2D eigenvalue weighted by atomic mass is 79.9. The summed E-state index contributed by atoms with van der Waals surface area (Å²) in [5, 5.41) is 3.21. The van der Waals surface area contributed by atoms with Gasteiger partial charge in [0.2, 0.25) is 0 Å². The standard InChI is InChI=1S/C13H16BrF2N/c14-12-7-11(15)4-3-9(12)6-13(16)10-2-1-5-17-8-10/h3-4,7,10,13,17H,1-2,5-6,8H2. The van der Waals surface area contributed by atoms with E-state index in [-0.39, 0.29) is 11.7 Å². The highest BCUT2D eigenvalue weighted by Crippen LogP contribution is 2.25. The minimum Gasteiger partial charge on any atom is -0.316 e. The van der Waals surface area contributed by atoms with Crippen LogP contribution in [0.5, 0.6) is 0 Å². The average Bonchev–Trinajstić information content (AvgIpc) is 2.34. The van der Waals surface area contributed by atoms with Gasteiger partial charge in [0.05, 0.1) is 0 Å². The summed E-state index contributed by atoms with van der Waals surface area (Å²) in [4.78, 5) is 0. The molecular formula is C13H16BrF2N. The smallest absolute Gasteiger partial charge is 0.124 e. The predicted octanol–water partition coefficient (Wildman–Crippen LogP) is 3.47. The van der Waals surface area contributed by atoms with E-state index < -0.39 is 6.17 Å². The number of rotatable bonds is 3. The second-order valence-corrected chi connectivity index (χ2v) is 5.42. The molecule has 94 valence electrons. The second-order valence-electron chi connectivity index (χ2n) is 4.56. The summed E-state index contributed by atoms with van der Waals surface area (Å²) in [6, 6.07) is 4.43. The summed E-state index contributed by atoms with van der Waals surface area (Å²) >= 11 is 3.28. The molecule has 0 spiro atoms. The summed E-state index contributed by atoms with van der Waals surface area (Å²) in [7, 11) is 0. The van der Waals surface area contributed by atoms with Crippen LogP contribution in [0, 0.1) is 11.7 Å². The van der Waals surface area contributed by atoms with Crippen molar-refractivity contribution in [1.29, 1.82) is 0 Å². The van der Waals surface area contributed by atoms with Gasteiger partial charge in [-0.1, -0.05) is 22.0 Å². The Morgan fingerprint density at radius 1 is 1.47 bits per heavy atom. The van der Waals surface area contributed by atoms with E-state index in [0.717, 1.165) is 31.5 Å². The van der Waals surface area contributed by atoms with Crippen molar-refractivity contribution in [3.63, 3.8) is 0 Å². The third-order valence-corrected chi connectivity index (χ3v) is 4.01. The van der Waals surface area contributed by atoms with Crippen LogP contribution in [0.25, 0.3) is 0 Å². The minimum absolute atomic E-state index is 0.0840. The van der Waals surface area contributed by atoms with Crippen LogP contribution in [0.4, 0.5) is 8.78 Å². The van der Waals surface area contributed by atoms with Gasteiger partial charge >= 0.3 is 0 Å². The first-order valence-corrected chi connectivity index (χ1v) is 6.75. The van der Waals surface area contributed by atoms with E-state index in [9.17, 15) is 8.78 Å². The molecule has 1 aromatic rings. The maximum absolute atomic E-state index is 14.1. The maximum atomic E-state index is 14.1. The van der Waals surface area contributed by atoms with Crippen molar-refractivity contribution in [2.75, 3.05) is 13.1 Å². The number of hydrogen-bond donors (Lipinski definition) is 1. The topological polar surface area (TPSA) is 12.0 Å². The lowest BCUT2D eigenvalue weighted by Crippen LogP contribution is -2.35. The molecule has 1 fully saturated rings. The van der Waals surface area contributed by atoms with Gasteiger partial charge in [0.15, 0.2) is 0 Å². The Kier molecular flexibility index (Phi) is 4.51. The zero-order valence-corrected chi connectivity index (χ0v) is 11.1. The fourth-order valence-corrected chi connectivity index (χ4v) is 2.76. The van der Waals surface area contributed by atoms with E-state index in [1.54, 1.807) is 6.07 Å². The lowest BCUT2D eigenvalue weighted by molar-refractivity contribution is 0.191. The molecule has 0 saturated carbocycles. The first kappa shape index (κ1) is 13.0. The Balaban J connectivity index is 1.99. The summed E-state index contributed by atoms with van der Waals surface area (Å²) in [5.41, 5.74) is 0.837. The Labute approximate surface area is 109 Å². The van der Waals surface area contributed by atoms with Crippen molar-refractivity contribution in [1.82, 2.24) is 5.32 Å². The number of alkyl halides is 1. The molecule has 1 saturated heterocycles. The van der Waals surface area contributed by atoms with Crippen molar-refractivity contribution in [2.24, 2.45) is 5.92 Å². The number of piperidine rings is 1. The Morgan fingerprint density at radius 3 is 2.94 bits per heavy atom. The van der Waals surface area contributed by atoms with Gasteiger partial charge in [-0.05, 0) is 37.1 Å². The molecule has 1 aliphatic heterocycles. The van der Waals surface area contributed by atoms with Crippen molar-refractivity contribution in [3.8, 4) is 0 Å². The van der Waals surface area contributed by atoms with Crippen LogP contribution in [0.15, 0.2) is 22.7 Å². The summed E-state index contributed by atoms with van der Waals surface area (Å²) in [5.74, 6) is -0.212. The van der Waals surface area contributed by atoms with Gasteiger partial charge in [0.1, 0.15) is 12.0 Å². The summed E-state index contributed by atoms with van der Waals surface area (Å²) in [6.45, 7) is 1.74. The zero-order chi connectivity index (χ0) is 12.3. The van der Waals surface area contributed by atoms with Crippen LogP contribution < -0.4 is 5.32 Å². The third-order valence-electron chi connectivity index (χ3n) is 3.28. The number of nitrogens with one attached hydrogen (secondary N) is 1.